The van der Waals surface area contributed by atoms with E-state index < -0.39 is 12.1 Å². The number of hydrogen-bond donors (Lipinski definition) is 2. The first kappa shape index (κ1) is 20.2. The number of nitrogens with zero attached hydrogens (tertiary/aromatic N) is 1. The number of hydrogen-bond acceptors (Lipinski definition) is 3. The zero-order chi connectivity index (χ0) is 18.3. The molecule has 2 amide bonds. The molecule has 0 aromatic rings. The fourth-order valence-corrected chi connectivity index (χ4v) is 3.23. The van der Waals surface area contributed by atoms with Gasteiger partial charge in [-0.3, -0.25) is 9.59 Å². The number of aliphatic hydroxyl groups is 1. The molecule has 1 heterocycles. The van der Waals surface area contributed by atoms with Crippen LogP contribution in [0.2, 0.25) is 0 Å². The van der Waals surface area contributed by atoms with Crippen LogP contribution in [0.4, 0.5) is 0 Å². The third kappa shape index (κ3) is 4.81. The normalized spacial score (nSPS) is 23.1. The van der Waals surface area contributed by atoms with Gasteiger partial charge in [0.15, 0.2) is 0 Å². The smallest absolute Gasteiger partial charge is 0.223 e. The fraction of sp³-hybridized carbons (Fsp3) is 0.579. The summed E-state index contributed by atoms with van der Waals surface area (Å²) in [6.07, 6.45) is 6.75. The van der Waals surface area contributed by atoms with Crippen molar-refractivity contribution in [3.05, 3.63) is 37.0 Å². The Labute approximate surface area is 145 Å². The van der Waals surface area contributed by atoms with Crippen molar-refractivity contribution in [2.24, 2.45) is 11.8 Å². The van der Waals surface area contributed by atoms with Crippen LogP contribution in [-0.4, -0.2) is 47.1 Å². The molecule has 1 rings (SSSR count). The summed E-state index contributed by atoms with van der Waals surface area (Å²) in [5, 5.41) is 13.2. The number of allylic oxidation sites excluding steroid dienone is 2. The van der Waals surface area contributed by atoms with Crippen molar-refractivity contribution in [1.82, 2.24) is 10.2 Å². The number of rotatable bonds is 9. The Bertz CT molecular complexity index is 501. The fourth-order valence-electron chi connectivity index (χ4n) is 3.23. The van der Waals surface area contributed by atoms with Crippen LogP contribution >= 0.6 is 0 Å². The summed E-state index contributed by atoms with van der Waals surface area (Å²) < 4.78 is 0. The molecule has 24 heavy (non-hydrogen) atoms. The minimum absolute atomic E-state index is 0.0598. The Morgan fingerprint density at radius 3 is 2.54 bits per heavy atom. The molecule has 5 nitrogen and oxygen atoms in total. The van der Waals surface area contributed by atoms with E-state index in [2.05, 4.69) is 18.5 Å². The summed E-state index contributed by atoms with van der Waals surface area (Å²) in [6, 6.07) is -0.338. The molecular formula is C19H30N2O3. The molecule has 0 radical (unpaired) electrons. The standard InChI is InChI=1S/C19H30N2O3/c1-6-9-16(7-2)18(23)15(5)20-19(24)14(4)13(3)17-10-8-11-21(17)12-22/h6-7,9,12-15,17-18,23H,1-2,8,10-11H2,3-5H3,(H,20,24)/b16-9+/t13?,14-,15-,17+,18-/m1/s1. The zero-order valence-electron chi connectivity index (χ0n) is 14.9. The SMILES string of the molecule is C=C/C=C(\C=C)[C@H](O)[C@@H](C)NC(=O)[C@H](C)C(C)[C@@H]1CCCN1C=O. The molecule has 0 spiro atoms. The highest BCUT2D eigenvalue weighted by Crippen LogP contribution is 2.28. The van der Waals surface area contributed by atoms with Gasteiger partial charge in [0.05, 0.1) is 12.1 Å². The third-order valence-corrected chi connectivity index (χ3v) is 5.02. The maximum absolute atomic E-state index is 12.5. The highest BCUT2D eigenvalue weighted by atomic mass is 16.3. The highest BCUT2D eigenvalue weighted by molar-refractivity contribution is 5.79. The number of nitrogens with one attached hydrogen (secondary N) is 1. The van der Waals surface area contributed by atoms with Gasteiger partial charge in [0.1, 0.15) is 0 Å². The van der Waals surface area contributed by atoms with Crippen molar-refractivity contribution >= 4 is 12.3 Å². The summed E-state index contributed by atoms with van der Waals surface area (Å²) >= 11 is 0. The Kier molecular flexibility index (Phi) is 7.92. The molecule has 0 aromatic carbocycles. The second-order valence-electron chi connectivity index (χ2n) is 6.55. The molecule has 0 bridgehead atoms. The van der Waals surface area contributed by atoms with Crippen molar-refractivity contribution in [3.63, 3.8) is 0 Å². The first-order valence-corrected chi connectivity index (χ1v) is 8.51. The summed E-state index contributed by atoms with van der Waals surface area (Å²) in [5.74, 6) is -0.306. The second-order valence-corrected chi connectivity index (χ2v) is 6.55. The molecule has 134 valence electrons. The Morgan fingerprint density at radius 1 is 1.33 bits per heavy atom. The summed E-state index contributed by atoms with van der Waals surface area (Å²) in [5.41, 5.74) is 0.612. The van der Waals surface area contributed by atoms with Crippen molar-refractivity contribution in [2.45, 2.75) is 51.8 Å². The maximum atomic E-state index is 12.5. The van der Waals surface area contributed by atoms with Crippen LogP contribution in [0.15, 0.2) is 37.0 Å². The lowest BCUT2D eigenvalue weighted by Gasteiger charge is -2.31. The van der Waals surface area contributed by atoms with Crippen LogP contribution in [0.5, 0.6) is 0 Å². The van der Waals surface area contributed by atoms with E-state index >= 15 is 0 Å². The van der Waals surface area contributed by atoms with Gasteiger partial charge in [0.2, 0.25) is 12.3 Å². The van der Waals surface area contributed by atoms with Gasteiger partial charge in [0, 0.05) is 18.5 Å². The highest BCUT2D eigenvalue weighted by Gasteiger charge is 2.34. The van der Waals surface area contributed by atoms with Crippen molar-refractivity contribution in [3.8, 4) is 0 Å². The summed E-state index contributed by atoms with van der Waals surface area (Å²) in [7, 11) is 0. The topological polar surface area (TPSA) is 69.6 Å². The molecule has 0 aromatic heterocycles. The second kappa shape index (κ2) is 9.42. The van der Waals surface area contributed by atoms with Crippen LogP contribution in [0.1, 0.15) is 33.6 Å². The van der Waals surface area contributed by atoms with Gasteiger partial charge in [-0.15, -0.1) is 0 Å². The van der Waals surface area contributed by atoms with E-state index in [-0.39, 0.29) is 23.8 Å². The lowest BCUT2D eigenvalue weighted by Crippen LogP contribution is -2.47. The molecule has 1 fully saturated rings. The monoisotopic (exact) mass is 334 g/mol. The number of aliphatic hydroxyl groups excluding tert-OH is 1. The Hall–Kier alpha value is -1.88. The van der Waals surface area contributed by atoms with E-state index in [4.69, 9.17) is 0 Å². The average molecular weight is 334 g/mol. The predicted octanol–water partition coefficient (Wildman–Crippen LogP) is 2.04. The molecule has 1 aliphatic heterocycles. The molecular weight excluding hydrogens is 304 g/mol. The van der Waals surface area contributed by atoms with E-state index in [0.29, 0.717) is 5.57 Å². The first-order chi connectivity index (χ1) is 11.4. The van der Waals surface area contributed by atoms with E-state index in [1.807, 2.05) is 13.8 Å². The van der Waals surface area contributed by atoms with Gasteiger partial charge < -0.3 is 15.3 Å². The van der Waals surface area contributed by atoms with Gasteiger partial charge in [0.25, 0.3) is 0 Å². The average Bonchev–Trinajstić information content (AvgIpc) is 3.06. The number of amides is 2. The number of carbonyl (C=O) groups is 2. The van der Waals surface area contributed by atoms with Gasteiger partial charge in [-0.2, -0.15) is 0 Å². The van der Waals surface area contributed by atoms with Crippen LogP contribution in [-0.2, 0) is 9.59 Å². The van der Waals surface area contributed by atoms with Crippen molar-refractivity contribution in [2.75, 3.05) is 6.54 Å². The van der Waals surface area contributed by atoms with Gasteiger partial charge in [-0.05, 0) is 31.3 Å². The molecule has 0 saturated carbocycles. The van der Waals surface area contributed by atoms with Gasteiger partial charge in [-0.1, -0.05) is 45.2 Å². The summed E-state index contributed by atoms with van der Waals surface area (Å²) in [4.78, 5) is 25.4. The van der Waals surface area contributed by atoms with Crippen LogP contribution in [0.25, 0.3) is 0 Å². The third-order valence-electron chi connectivity index (χ3n) is 5.02. The quantitative estimate of drug-likeness (QED) is 0.501. The van der Waals surface area contributed by atoms with Crippen LogP contribution < -0.4 is 5.32 Å². The van der Waals surface area contributed by atoms with Crippen LogP contribution in [0.3, 0.4) is 0 Å². The van der Waals surface area contributed by atoms with E-state index in [0.717, 1.165) is 25.8 Å². The molecule has 5 atom stereocenters. The van der Waals surface area contributed by atoms with Gasteiger partial charge >= 0.3 is 0 Å². The lowest BCUT2D eigenvalue weighted by molar-refractivity contribution is -0.129. The predicted molar refractivity (Wildman–Crippen MR) is 96.2 cm³/mol. The Morgan fingerprint density at radius 2 is 2.00 bits per heavy atom. The van der Waals surface area contributed by atoms with Gasteiger partial charge in [-0.25, -0.2) is 0 Å². The van der Waals surface area contributed by atoms with Crippen molar-refractivity contribution in [1.29, 1.82) is 0 Å². The largest absolute Gasteiger partial charge is 0.386 e. The molecule has 1 aliphatic rings. The summed E-state index contributed by atoms with van der Waals surface area (Å²) in [6.45, 7) is 13.7. The molecule has 1 saturated heterocycles. The number of carbonyl (C=O) groups excluding carboxylic acids is 2. The maximum Gasteiger partial charge on any atom is 0.223 e. The van der Waals surface area contributed by atoms with Crippen LogP contribution in [0, 0.1) is 11.8 Å². The molecule has 1 unspecified atom stereocenters. The molecule has 2 N–H and O–H groups in total. The van der Waals surface area contributed by atoms with E-state index in [1.165, 1.54) is 0 Å². The first-order valence-electron chi connectivity index (χ1n) is 8.51. The lowest BCUT2D eigenvalue weighted by atomic mass is 9.86. The van der Waals surface area contributed by atoms with E-state index in [1.54, 1.807) is 30.1 Å². The molecule has 5 heteroatoms. The Balaban J connectivity index is 2.68. The minimum atomic E-state index is -0.843. The van der Waals surface area contributed by atoms with Crippen molar-refractivity contribution < 1.29 is 14.7 Å². The zero-order valence-corrected chi connectivity index (χ0v) is 14.9. The van der Waals surface area contributed by atoms with E-state index in [9.17, 15) is 14.7 Å². The molecule has 0 aliphatic carbocycles. The number of likely N-dealkylation sites (tertiary alicyclic amines) is 1. The minimum Gasteiger partial charge on any atom is -0.386 e.